The molecule has 2 rings (SSSR count). The highest BCUT2D eigenvalue weighted by Gasteiger charge is 2.09. The zero-order valence-corrected chi connectivity index (χ0v) is 13.2. The molecule has 22 heavy (non-hydrogen) atoms. The Morgan fingerprint density at radius 2 is 1.91 bits per heavy atom. The van der Waals surface area contributed by atoms with E-state index >= 15 is 0 Å². The van der Waals surface area contributed by atoms with Crippen LogP contribution in [0.2, 0.25) is 0 Å². The number of benzene rings is 1. The number of ether oxygens (including phenoxy) is 1. The summed E-state index contributed by atoms with van der Waals surface area (Å²) >= 11 is 1.40. The minimum absolute atomic E-state index is 0.116. The van der Waals surface area contributed by atoms with E-state index in [-0.39, 0.29) is 25.0 Å². The molecule has 0 aliphatic carbocycles. The van der Waals surface area contributed by atoms with E-state index in [1.54, 1.807) is 12.1 Å². The van der Waals surface area contributed by atoms with Gasteiger partial charge in [-0.3, -0.25) is 9.59 Å². The van der Waals surface area contributed by atoms with Crippen LogP contribution in [0.3, 0.4) is 0 Å². The van der Waals surface area contributed by atoms with Crippen molar-refractivity contribution < 1.29 is 14.3 Å². The minimum Gasteiger partial charge on any atom is -0.484 e. The number of hydrogen-bond donors (Lipinski definition) is 2. The minimum atomic E-state index is -0.356. The van der Waals surface area contributed by atoms with Crippen molar-refractivity contribution in [1.29, 1.82) is 0 Å². The van der Waals surface area contributed by atoms with Crippen molar-refractivity contribution in [1.82, 2.24) is 10.3 Å². The number of anilines is 1. The molecule has 0 atom stereocenters. The van der Waals surface area contributed by atoms with E-state index in [9.17, 15) is 9.59 Å². The summed E-state index contributed by atoms with van der Waals surface area (Å²) in [7, 11) is 0. The van der Waals surface area contributed by atoms with Crippen LogP contribution in [0.1, 0.15) is 10.6 Å². The number of hydrogen-bond acceptors (Lipinski definition) is 5. The summed E-state index contributed by atoms with van der Waals surface area (Å²) < 4.78 is 5.28. The van der Waals surface area contributed by atoms with Crippen LogP contribution in [0.4, 0.5) is 5.13 Å². The van der Waals surface area contributed by atoms with Crippen molar-refractivity contribution in [2.24, 2.45) is 0 Å². The van der Waals surface area contributed by atoms with Crippen molar-refractivity contribution in [3.63, 3.8) is 0 Å². The van der Waals surface area contributed by atoms with E-state index in [1.165, 1.54) is 11.3 Å². The Hall–Kier alpha value is -2.41. The Morgan fingerprint density at radius 3 is 2.55 bits per heavy atom. The van der Waals surface area contributed by atoms with Crippen molar-refractivity contribution in [2.75, 3.05) is 18.5 Å². The van der Waals surface area contributed by atoms with Crippen LogP contribution in [0.15, 0.2) is 30.3 Å². The summed E-state index contributed by atoms with van der Waals surface area (Å²) in [6, 6.07) is 9.01. The summed E-state index contributed by atoms with van der Waals surface area (Å²) in [6.45, 7) is 3.57. The van der Waals surface area contributed by atoms with Gasteiger partial charge < -0.3 is 15.4 Å². The Kier molecular flexibility index (Phi) is 5.48. The zero-order valence-electron chi connectivity index (χ0n) is 12.4. The van der Waals surface area contributed by atoms with E-state index in [0.717, 1.165) is 10.6 Å². The van der Waals surface area contributed by atoms with Gasteiger partial charge in [-0.15, -0.1) is 11.3 Å². The van der Waals surface area contributed by atoms with Crippen LogP contribution in [0.5, 0.6) is 5.75 Å². The summed E-state index contributed by atoms with van der Waals surface area (Å²) in [5, 5.41) is 5.68. The number of nitrogens with zero attached hydrogens (tertiary/aromatic N) is 1. The average Bonchev–Trinajstić information content (AvgIpc) is 2.82. The molecule has 0 aliphatic rings. The normalized spacial score (nSPS) is 10.1. The predicted octanol–water partition coefficient (Wildman–Crippen LogP) is 1.89. The second-order valence-electron chi connectivity index (χ2n) is 4.59. The maximum absolute atomic E-state index is 11.7. The lowest BCUT2D eigenvalue weighted by molar-refractivity contribution is -0.125. The third-order valence-corrected chi connectivity index (χ3v) is 3.82. The number of para-hydroxylation sites is 1. The molecule has 1 aromatic heterocycles. The van der Waals surface area contributed by atoms with Crippen LogP contribution in [-0.2, 0) is 9.59 Å². The van der Waals surface area contributed by atoms with Gasteiger partial charge in [0.05, 0.1) is 12.2 Å². The molecule has 0 aliphatic heterocycles. The first-order valence-corrected chi connectivity index (χ1v) is 7.54. The van der Waals surface area contributed by atoms with E-state index in [2.05, 4.69) is 15.6 Å². The van der Waals surface area contributed by atoms with Crippen LogP contribution in [0, 0.1) is 13.8 Å². The monoisotopic (exact) mass is 319 g/mol. The zero-order chi connectivity index (χ0) is 15.9. The molecule has 2 amide bonds. The van der Waals surface area contributed by atoms with Crippen molar-refractivity contribution in [3.8, 4) is 5.75 Å². The van der Waals surface area contributed by atoms with Crippen LogP contribution < -0.4 is 15.4 Å². The molecule has 0 unspecified atom stereocenters. The fourth-order valence-electron chi connectivity index (χ4n) is 1.59. The predicted molar refractivity (Wildman–Crippen MR) is 85.2 cm³/mol. The number of nitrogens with one attached hydrogen (secondary N) is 2. The largest absolute Gasteiger partial charge is 0.484 e. The van der Waals surface area contributed by atoms with Crippen molar-refractivity contribution in [2.45, 2.75) is 13.8 Å². The fourth-order valence-corrected chi connectivity index (χ4v) is 2.42. The Balaban J connectivity index is 1.70. The van der Waals surface area contributed by atoms with Crippen LogP contribution >= 0.6 is 11.3 Å². The quantitative estimate of drug-likeness (QED) is 0.852. The number of carbonyl (C=O) groups excluding carboxylic acids is 2. The standard InChI is InChI=1S/C15H17N3O3S/c1-10-11(2)22-15(17-10)18-13(19)8-16-14(20)9-21-12-6-4-3-5-7-12/h3-7H,8-9H2,1-2H3,(H,16,20)(H,17,18,19). The topological polar surface area (TPSA) is 80.3 Å². The van der Waals surface area contributed by atoms with Gasteiger partial charge in [-0.2, -0.15) is 0 Å². The fraction of sp³-hybridized carbons (Fsp3) is 0.267. The molecule has 0 fully saturated rings. The summed E-state index contributed by atoms with van der Waals surface area (Å²) in [4.78, 5) is 28.6. The van der Waals surface area contributed by atoms with Gasteiger partial charge in [0.2, 0.25) is 5.91 Å². The van der Waals surface area contributed by atoms with E-state index in [1.807, 2.05) is 32.0 Å². The number of aryl methyl sites for hydroxylation is 2. The first-order valence-electron chi connectivity index (χ1n) is 6.73. The molecule has 0 spiro atoms. The van der Waals surface area contributed by atoms with Crippen LogP contribution in [0.25, 0.3) is 0 Å². The second kappa shape index (κ2) is 7.56. The highest BCUT2D eigenvalue weighted by Crippen LogP contribution is 2.20. The van der Waals surface area contributed by atoms with Gasteiger partial charge in [0.1, 0.15) is 5.75 Å². The molecule has 0 saturated heterocycles. The molecule has 1 heterocycles. The molecule has 116 valence electrons. The van der Waals surface area contributed by atoms with E-state index < -0.39 is 0 Å². The number of amides is 2. The maximum Gasteiger partial charge on any atom is 0.258 e. The highest BCUT2D eigenvalue weighted by atomic mass is 32.1. The van der Waals surface area contributed by atoms with Gasteiger partial charge in [-0.05, 0) is 26.0 Å². The Morgan fingerprint density at radius 1 is 1.18 bits per heavy atom. The third-order valence-electron chi connectivity index (χ3n) is 2.83. The molecular weight excluding hydrogens is 302 g/mol. The van der Waals surface area contributed by atoms with Crippen molar-refractivity contribution >= 4 is 28.3 Å². The van der Waals surface area contributed by atoms with Gasteiger partial charge in [-0.25, -0.2) is 4.98 Å². The third kappa shape index (κ3) is 4.85. The summed E-state index contributed by atoms with van der Waals surface area (Å²) in [5.74, 6) is -0.0665. The summed E-state index contributed by atoms with van der Waals surface area (Å²) in [5.41, 5.74) is 0.889. The molecule has 1 aromatic carbocycles. The molecular formula is C15H17N3O3S. The Labute approximate surface area is 132 Å². The Bertz CT molecular complexity index is 636. The number of aromatic nitrogens is 1. The SMILES string of the molecule is Cc1nc(NC(=O)CNC(=O)COc2ccccc2)sc1C. The van der Waals surface area contributed by atoms with Gasteiger partial charge in [-0.1, -0.05) is 18.2 Å². The second-order valence-corrected chi connectivity index (χ2v) is 5.79. The first-order chi connectivity index (χ1) is 10.5. The van der Waals surface area contributed by atoms with E-state index in [0.29, 0.717) is 10.9 Å². The highest BCUT2D eigenvalue weighted by molar-refractivity contribution is 7.15. The number of carbonyl (C=O) groups is 2. The summed E-state index contributed by atoms with van der Waals surface area (Å²) in [6.07, 6.45) is 0. The molecule has 2 aromatic rings. The smallest absolute Gasteiger partial charge is 0.258 e. The van der Waals surface area contributed by atoms with Gasteiger partial charge in [0, 0.05) is 4.88 Å². The number of thiazole rings is 1. The lowest BCUT2D eigenvalue weighted by atomic mass is 10.3. The molecule has 0 saturated carbocycles. The van der Waals surface area contributed by atoms with Gasteiger partial charge >= 0.3 is 0 Å². The lowest BCUT2D eigenvalue weighted by Gasteiger charge is -2.07. The molecule has 0 radical (unpaired) electrons. The first kappa shape index (κ1) is 16.0. The molecule has 6 nitrogen and oxygen atoms in total. The van der Waals surface area contributed by atoms with Crippen LogP contribution in [-0.4, -0.2) is 29.9 Å². The molecule has 0 bridgehead atoms. The van der Waals surface area contributed by atoms with Gasteiger partial charge in [0.25, 0.3) is 5.91 Å². The lowest BCUT2D eigenvalue weighted by Crippen LogP contribution is -2.35. The van der Waals surface area contributed by atoms with Crippen molar-refractivity contribution in [3.05, 3.63) is 40.9 Å². The molecule has 2 N–H and O–H groups in total. The number of rotatable bonds is 6. The maximum atomic E-state index is 11.7. The molecule has 7 heteroatoms. The average molecular weight is 319 g/mol. The van der Waals surface area contributed by atoms with E-state index in [4.69, 9.17) is 4.74 Å². The van der Waals surface area contributed by atoms with Gasteiger partial charge in [0.15, 0.2) is 11.7 Å².